The lowest BCUT2D eigenvalue weighted by Gasteiger charge is -2.36. The van der Waals surface area contributed by atoms with Crippen LogP contribution in [0.1, 0.15) is 36.0 Å². The zero-order chi connectivity index (χ0) is 19.4. The average molecular weight is 385 g/mol. The summed E-state index contributed by atoms with van der Waals surface area (Å²) in [5.41, 5.74) is 0.282. The molecule has 148 valence electrons. The topological polar surface area (TPSA) is 62.7 Å². The van der Waals surface area contributed by atoms with Crippen LogP contribution in [0.2, 0.25) is 0 Å². The molecular weight excluding hydrogens is 363 g/mol. The second kappa shape index (κ2) is 8.14. The summed E-state index contributed by atoms with van der Waals surface area (Å²) < 4.78 is 40.9. The number of nitrogens with zero attached hydrogens (tertiary/aromatic N) is 3. The highest BCUT2D eigenvalue weighted by Crippen LogP contribution is 2.27. The molecule has 9 heteroatoms. The minimum atomic E-state index is -4.44. The van der Waals surface area contributed by atoms with Gasteiger partial charge in [0.2, 0.25) is 11.8 Å². The molecule has 1 aromatic heterocycles. The summed E-state index contributed by atoms with van der Waals surface area (Å²) >= 11 is 0. The van der Waals surface area contributed by atoms with E-state index >= 15 is 0 Å². The van der Waals surface area contributed by atoms with Gasteiger partial charge in [-0.15, -0.1) is 0 Å². The number of alkyl halides is 3. The zero-order valence-corrected chi connectivity index (χ0v) is 14.9. The number of aromatic nitrogens is 1. The van der Waals surface area contributed by atoms with Crippen molar-refractivity contribution in [3.8, 4) is 5.88 Å². The fourth-order valence-corrected chi connectivity index (χ4v) is 3.49. The van der Waals surface area contributed by atoms with Gasteiger partial charge in [-0.25, -0.2) is 4.98 Å². The molecular formula is C18H22F3N3O3. The van der Waals surface area contributed by atoms with Crippen molar-refractivity contribution < 1.29 is 27.5 Å². The summed E-state index contributed by atoms with van der Waals surface area (Å²) in [6, 6.07) is 2.65. The molecule has 1 saturated heterocycles. The SMILES string of the molecule is O=C(c1ccc(OCC(F)(F)F)nc1)N1CCN(C(=O)C2CCCC2)CC1. The van der Waals surface area contributed by atoms with Gasteiger partial charge in [-0.1, -0.05) is 12.8 Å². The lowest BCUT2D eigenvalue weighted by Crippen LogP contribution is -2.51. The number of hydrogen-bond donors (Lipinski definition) is 0. The van der Waals surface area contributed by atoms with E-state index in [1.54, 1.807) is 4.90 Å². The van der Waals surface area contributed by atoms with Crippen molar-refractivity contribution in [2.75, 3.05) is 32.8 Å². The molecule has 2 aliphatic rings. The third kappa shape index (κ3) is 5.11. The number of piperazine rings is 1. The molecule has 0 atom stereocenters. The second-order valence-corrected chi connectivity index (χ2v) is 6.89. The molecule has 0 spiro atoms. The van der Waals surface area contributed by atoms with Crippen molar-refractivity contribution in [3.63, 3.8) is 0 Å². The number of halogens is 3. The van der Waals surface area contributed by atoms with Crippen molar-refractivity contribution in [1.82, 2.24) is 14.8 Å². The maximum Gasteiger partial charge on any atom is 0.422 e. The number of carbonyl (C=O) groups is 2. The fraction of sp³-hybridized carbons (Fsp3) is 0.611. The average Bonchev–Trinajstić information content (AvgIpc) is 3.20. The summed E-state index contributed by atoms with van der Waals surface area (Å²) in [7, 11) is 0. The third-order valence-electron chi connectivity index (χ3n) is 4.95. The molecule has 0 bridgehead atoms. The number of ether oxygens (including phenoxy) is 1. The molecule has 3 rings (SSSR count). The Balaban J connectivity index is 1.50. The van der Waals surface area contributed by atoms with Gasteiger partial charge in [-0.3, -0.25) is 9.59 Å². The van der Waals surface area contributed by atoms with Crippen LogP contribution in [0.25, 0.3) is 0 Å². The summed E-state index contributed by atoms with van der Waals surface area (Å²) in [4.78, 5) is 32.2. The highest BCUT2D eigenvalue weighted by Gasteiger charge is 2.31. The smallest absolute Gasteiger partial charge is 0.422 e. The largest absolute Gasteiger partial charge is 0.468 e. The molecule has 0 radical (unpaired) electrons. The Morgan fingerprint density at radius 2 is 1.70 bits per heavy atom. The van der Waals surface area contributed by atoms with E-state index in [1.807, 2.05) is 4.90 Å². The Bertz CT molecular complexity index is 665. The molecule has 0 N–H and O–H groups in total. The van der Waals surface area contributed by atoms with Crippen molar-refractivity contribution >= 4 is 11.8 Å². The van der Waals surface area contributed by atoms with Crippen LogP contribution in [0.5, 0.6) is 5.88 Å². The minimum absolute atomic E-state index is 0.126. The van der Waals surface area contributed by atoms with E-state index in [0.717, 1.165) is 25.7 Å². The quantitative estimate of drug-likeness (QED) is 0.799. The number of pyridine rings is 1. The van der Waals surface area contributed by atoms with Gasteiger partial charge in [0, 0.05) is 44.4 Å². The van der Waals surface area contributed by atoms with Crippen LogP contribution in [0.15, 0.2) is 18.3 Å². The van der Waals surface area contributed by atoms with Gasteiger partial charge in [0.15, 0.2) is 6.61 Å². The van der Waals surface area contributed by atoms with Gasteiger partial charge < -0.3 is 14.5 Å². The van der Waals surface area contributed by atoms with Crippen LogP contribution in [0.4, 0.5) is 13.2 Å². The number of carbonyl (C=O) groups excluding carboxylic acids is 2. The number of amides is 2. The van der Waals surface area contributed by atoms with E-state index in [0.29, 0.717) is 26.2 Å². The first-order valence-corrected chi connectivity index (χ1v) is 9.07. The van der Waals surface area contributed by atoms with E-state index in [-0.39, 0.29) is 29.2 Å². The maximum absolute atomic E-state index is 12.5. The fourth-order valence-electron chi connectivity index (χ4n) is 3.49. The Hall–Kier alpha value is -2.32. The predicted molar refractivity (Wildman–Crippen MR) is 90.2 cm³/mol. The van der Waals surface area contributed by atoms with Gasteiger partial charge >= 0.3 is 6.18 Å². The predicted octanol–water partition coefficient (Wildman–Crippen LogP) is 2.50. The summed E-state index contributed by atoms with van der Waals surface area (Å²) in [6.07, 6.45) is 0.879. The third-order valence-corrected chi connectivity index (χ3v) is 4.95. The van der Waals surface area contributed by atoms with E-state index in [9.17, 15) is 22.8 Å². The molecule has 27 heavy (non-hydrogen) atoms. The summed E-state index contributed by atoms with van der Waals surface area (Å²) in [6.45, 7) is 0.445. The van der Waals surface area contributed by atoms with Crippen LogP contribution in [0.3, 0.4) is 0 Å². The highest BCUT2D eigenvalue weighted by molar-refractivity contribution is 5.94. The van der Waals surface area contributed by atoms with Crippen LogP contribution >= 0.6 is 0 Å². The van der Waals surface area contributed by atoms with Crippen molar-refractivity contribution in [1.29, 1.82) is 0 Å². The Morgan fingerprint density at radius 1 is 1.07 bits per heavy atom. The van der Waals surface area contributed by atoms with E-state index in [2.05, 4.69) is 9.72 Å². The van der Waals surface area contributed by atoms with Gasteiger partial charge in [0.25, 0.3) is 5.91 Å². The Labute approximate surface area is 155 Å². The first-order chi connectivity index (χ1) is 12.8. The zero-order valence-electron chi connectivity index (χ0n) is 14.9. The highest BCUT2D eigenvalue weighted by atomic mass is 19.4. The summed E-state index contributed by atoms with van der Waals surface area (Å²) in [5, 5.41) is 0. The van der Waals surface area contributed by atoms with Crippen molar-refractivity contribution in [2.24, 2.45) is 5.92 Å². The van der Waals surface area contributed by atoms with Crippen LogP contribution in [-0.2, 0) is 4.79 Å². The molecule has 1 aromatic rings. The minimum Gasteiger partial charge on any atom is -0.468 e. The van der Waals surface area contributed by atoms with Gasteiger partial charge in [-0.2, -0.15) is 13.2 Å². The normalized spacial score (nSPS) is 18.6. The second-order valence-electron chi connectivity index (χ2n) is 6.89. The van der Waals surface area contributed by atoms with Crippen molar-refractivity contribution in [2.45, 2.75) is 31.9 Å². The Kier molecular flexibility index (Phi) is 5.86. The molecule has 2 heterocycles. The molecule has 6 nitrogen and oxygen atoms in total. The van der Waals surface area contributed by atoms with E-state index in [1.165, 1.54) is 18.3 Å². The van der Waals surface area contributed by atoms with E-state index in [4.69, 9.17) is 0 Å². The molecule has 1 aliphatic carbocycles. The van der Waals surface area contributed by atoms with Gasteiger partial charge in [-0.05, 0) is 18.9 Å². The van der Waals surface area contributed by atoms with Crippen LogP contribution in [0, 0.1) is 5.92 Å². The molecule has 0 unspecified atom stereocenters. The summed E-state index contributed by atoms with van der Waals surface area (Å²) in [5.74, 6) is -0.123. The Morgan fingerprint density at radius 3 is 2.26 bits per heavy atom. The standard InChI is InChI=1S/C18H22F3N3O3/c19-18(20,21)12-27-15-6-5-14(11-22-15)17(26)24-9-7-23(8-10-24)16(25)13-3-1-2-4-13/h5-6,11,13H,1-4,7-10,12H2. The molecule has 1 aliphatic heterocycles. The molecule has 1 saturated carbocycles. The monoisotopic (exact) mass is 385 g/mol. The van der Waals surface area contributed by atoms with Gasteiger partial charge in [0.1, 0.15) is 0 Å². The molecule has 2 amide bonds. The lowest BCUT2D eigenvalue weighted by molar-refractivity contribution is -0.154. The first-order valence-electron chi connectivity index (χ1n) is 9.07. The molecule has 0 aromatic carbocycles. The van der Waals surface area contributed by atoms with E-state index < -0.39 is 12.8 Å². The maximum atomic E-state index is 12.5. The van der Waals surface area contributed by atoms with Crippen LogP contribution in [-0.4, -0.2) is 65.6 Å². The first kappa shape index (κ1) is 19.4. The number of hydrogen-bond acceptors (Lipinski definition) is 4. The number of rotatable bonds is 4. The van der Waals surface area contributed by atoms with Gasteiger partial charge in [0.05, 0.1) is 5.56 Å². The molecule has 2 fully saturated rings. The van der Waals surface area contributed by atoms with Crippen molar-refractivity contribution in [3.05, 3.63) is 23.9 Å². The lowest BCUT2D eigenvalue weighted by atomic mass is 10.1. The van der Waals surface area contributed by atoms with Crippen LogP contribution < -0.4 is 4.74 Å².